The Bertz CT molecular complexity index is 375. The third kappa shape index (κ3) is 4.48. The molecule has 14 heavy (non-hydrogen) atoms. The van der Waals surface area contributed by atoms with Crippen LogP contribution in [0.4, 0.5) is 0 Å². The van der Waals surface area contributed by atoms with Crippen LogP contribution in [0, 0.1) is 0 Å². The number of sulfonamides is 1. The van der Waals surface area contributed by atoms with Crippen molar-refractivity contribution in [3.8, 4) is 0 Å². The zero-order chi connectivity index (χ0) is 9.90. The van der Waals surface area contributed by atoms with E-state index >= 15 is 0 Å². The molecule has 1 aromatic rings. The first-order valence-corrected chi connectivity index (χ1v) is 5.47. The van der Waals surface area contributed by atoms with Crippen LogP contribution < -0.4 is 51.4 Å². The first kappa shape index (κ1) is 14.7. The van der Waals surface area contributed by atoms with E-state index in [2.05, 4.69) is 4.98 Å². The molecule has 0 atom stereocenters. The van der Waals surface area contributed by atoms with Crippen LogP contribution in [-0.2, 0) is 16.4 Å². The average molecular weight is 238 g/mol. The molecule has 0 radical (unpaired) electrons. The molecule has 0 bridgehead atoms. The van der Waals surface area contributed by atoms with Gasteiger partial charge in [0.25, 0.3) is 0 Å². The Labute approximate surface area is 127 Å². The second-order valence-electron chi connectivity index (χ2n) is 2.76. The SMILES string of the molecule is CCCc1ccc(S([NH-])(=O)=O)nc1.[K+]. The van der Waals surface area contributed by atoms with Gasteiger partial charge in [-0.05, 0) is 18.1 Å². The first-order valence-electron chi connectivity index (χ1n) is 3.98. The standard InChI is InChI=1S/C8H11N2O2S.K/c1-2-3-7-4-5-8(10-6-7)13(9,11)12;/h4-6H,2-3H2,1H3,(H-,9,11,12);/q-1;+1. The maximum Gasteiger partial charge on any atom is 1.00 e. The minimum absolute atomic E-state index is 0. The Morgan fingerprint density at radius 3 is 2.43 bits per heavy atom. The predicted molar refractivity (Wildman–Crippen MR) is 49.7 cm³/mol. The van der Waals surface area contributed by atoms with E-state index in [1.54, 1.807) is 6.07 Å². The molecular formula is C8H11KN2O2S. The van der Waals surface area contributed by atoms with Gasteiger partial charge in [0, 0.05) is 6.20 Å². The van der Waals surface area contributed by atoms with Gasteiger partial charge in [-0.2, -0.15) is 0 Å². The summed E-state index contributed by atoms with van der Waals surface area (Å²) in [5, 5.41) is 6.57. The van der Waals surface area contributed by atoms with Gasteiger partial charge in [0.15, 0.2) is 0 Å². The monoisotopic (exact) mass is 238 g/mol. The van der Waals surface area contributed by atoms with Gasteiger partial charge >= 0.3 is 51.4 Å². The van der Waals surface area contributed by atoms with E-state index in [9.17, 15) is 8.42 Å². The van der Waals surface area contributed by atoms with Crippen molar-refractivity contribution < 1.29 is 59.8 Å². The number of nitrogens with one attached hydrogen (secondary N) is 1. The molecule has 0 unspecified atom stereocenters. The second-order valence-corrected chi connectivity index (χ2v) is 4.18. The Balaban J connectivity index is 0.00000169. The van der Waals surface area contributed by atoms with Crippen LogP contribution in [0.2, 0.25) is 0 Å². The summed E-state index contributed by atoms with van der Waals surface area (Å²) in [5.41, 5.74) is 0.995. The van der Waals surface area contributed by atoms with Crippen LogP contribution in [0.1, 0.15) is 18.9 Å². The minimum Gasteiger partial charge on any atom is -0.558 e. The van der Waals surface area contributed by atoms with Crippen molar-refractivity contribution in [3.63, 3.8) is 0 Å². The van der Waals surface area contributed by atoms with Gasteiger partial charge in [0.1, 0.15) is 15.0 Å². The number of hydrogen-bond acceptors (Lipinski definition) is 3. The minimum atomic E-state index is -3.90. The molecule has 6 heteroatoms. The van der Waals surface area contributed by atoms with Gasteiger partial charge in [-0.15, -0.1) is 0 Å². The van der Waals surface area contributed by atoms with Crippen molar-refractivity contribution in [2.24, 2.45) is 0 Å². The summed E-state index contributed by atoms with van der Waals surface area (Å²) in [4.78, 5) is 3.69. The Kier molecular flexibility index (Phi) is 6.63. The van der Waals surface area contributed by atoms with E-state index in [0.29, 0.717) is 0 Å². The fraction of sp³-hybridized carbons (Fsp3) is 0.375. The molecule has 0 aliphatic heterocycles. The zero-order valence-electron chi connectivity index (χ0n) is 8.32. The third-order valence-corrected chi connectivity index (χ3v) is 2.40. The van der Waals surface area contributed by atoms with E-state index in [4.69, 9.17) is 5.14 Å². The van der Waals surface area contributed by atoms with Crippen LogP contribution in [0.15, 0.2) is 23.4 Å². The Morgan fingerprint density at radius 2 is 2.07 bits per heavy atom. The van der Waals surface area contributed by atoms with Crippen LogP contribution >= 0.6 is 0 Å². The van der Waals surface area contributed by atoms with Crippen molar-refractivity contribution in [3.05, 3.63) is 29.0 Å². The summed E-state index contributed by atoms with van der Waals surface area (Å²) in [5.74, 6) is 0. The smallest absolute Gasteiger partial charge is 0.558 e. The van der Waals surface area contributed by atoms with Gasteiger partial charge in [0.2, 0.25) is 0 Å². The normalized spacial score (nSPS) is 10.7. The van der Waals surface area contributed by atoms with Gasteiger partial charge in [-0.1, -0.05) is 19.4 Å². The summed E-state index contributed by atoms with van der Waals surface area (Å²) in [6.45, 7) is 2.04. The van der Waals surface area contributed by atoms with E-state index in [1.165, 1.54) is 12.3 Å². The number of hydrogen-bond donors (Lipinski definition) is 0. The fourth-order valence-corrected chi connectivity index (χ4v) is 1.45. The van der Waals surface area contributed by atoms with Gasteiger partial charge in [-0.3, -0.25) is 0 Å². The van der Waals surface area contributed by atoms with Crippen molar-refractivity contribution >= 4 is 10.0 Å². The van der Waals surface area contributed by atoms with Crippen molar-refractivity contribution in [1.29, 1.82) is 0 Å². The van der Waals surface area contributed by atoms with Crippen LogP contribution in [0.3, 0.4) is 0 Å². The predicted octanol–water partition coefficient (Wildman–Crippen LogP) is -1.22. The molecular weight excluding hydrogens is 227 g/mol. The van der Waals surface area contributed by atoms with E-state index in [0.717, 1.165) is 18.4 Å². The van der Waals surface area contributed by atoms with E-state index in [1.807, 2.05) is 6.92 Å². The molecule has 1 N–H and O–H groups in total. The quantitative estimate of drug-likeness (QED) is 0.620. The summed E-state index contributed by atoms with van der Waals surface area (Å²) in [7, 11) is -3.90. The average Bonchev–Trinajstić information content (AvgIpc) is 2.04. The molecule has 0 saturated heterocycles. The van der Waals surface area contributed by atoms with Crippen LogP contribution in [0.25, 0.3) is 5.14 Å². The number of rotatable bonds is 3. The summed E-state index contributed by atoms with van der Waals surface area (Å²) in [6.07, 6.45) is 3.38. The van der Waals surface area contributed by atoms with Gasteiger partial charge in [-0.25, -0.2) is 13.4 Å². The zero-order valence-corrected chi connectivity index (χ0v) is 12.3. The number of nitrogens with zero attached hydrogens (tertiary/aromatic N) is 1. The molecule has 0 aromatic carbocycles. The van der Waals surface area contributed by atoms with E-state index < -0.39 is 10.0 Å². The molecule has 0 aliphatic rings. The molecule has 0 amide bonds. The maximum absolute atomic E-state index is 10.7. The molecule has 1 heterocycles. The Hall–Kier alpha value is 0.696. The molecule has 72 valence electrons. The third-order valence-electron chi connectivity index (χ3n) is 1.61. The van der Waals surface area contributed by atoms with Crippen molar-refractivity contribution in [2.75, 3.05) is 0 Å². The van der Waals surface area contributed by atoms with Gasteiger partial charge < -0.3 is 5.14 Å². The fourth-order valence-electron chi connectivity index (χ4n) is 1.01. The molecule has 1 aromatic heterocycles. The number of aryl methyl sites for hydroxylation is 1. The number of aromatic nitrogens is 1. The first-order chi connectivity index (χ1) is 6.04. The summed E-state index contributed by atoms with van der Waals surface area (Å²) in [6, 6.07) is 3.06. The summed E-state index contributed by atoms with van der Waals surface area (Å²) < 4.78 is 21.4. The van der Waals surface area contributed by atoms with Crippen LogP contribution in [0.5, 0.6) is 0 Å². The molecule has 0 aliphatic carbocycles. The van der Waals surface area contributed by atoms with Crippen molar-refractivity contribution in [2.45, 2.75) is 24.8 Å². The molecule has 1 rings (SSSR count). The molecule has 0 saturated carbocycles. The Morgan fingerprint density at radius 1 is 1.43 bits per heavy atom. The number of pyridine rings is 1. The van der Waals surface area contributed by atoms with E-state index in [-0.39, 0.29) is 56.4 Å². The topological polar surface area (TPSA) is 70.8 Å². The van der Waals surface area contributed by atoms with Crippen LogP contribution in [-0.4, -0.2) is 13.4 Å². The van der Waals surface area contributed by atoms with Crippen molar-refractivity contribution in [1.82, 2.24) is 4.98 Å². The molecule has 4 nitrogen and oxygen atoms in total. The maximum atomic E-state index is 10.7. The van der Waals surface area contributed by atoms with Gasteiger partial charge in [0.05, 0.1) is 0 Å². The summed E-state index contributed by atoms with van der Waals surface area (Å²) >= 11 is 0. The second kappa shape index (κ2) is 6.32. The molecule has 0 spiro atoms. The molecule has 0 fully saturated rings. The largest absolute Gasteiger partial charge is 1.00 e.